The second-order valence-corrected chi connectivity index (χ2v) is 5.32. The molecule has 1 atom stereocenters. The molecule has 108 valence electrons. The molecule has 0 heterocycles. The summed E-state index contributed by atoms with van der Waals surface area (Å²) in [6.07, 6.45) is -4.89. The van der Waals surface area contributed by atoms with Crippen molar-refractivity contribution in [3.8, 4) is 0 Å². The van der Waals surface area contributed by atoms with Crippen LogP contribution in [0.4, 0.5) is 13.2 Å². The zero-order valence-corrected chi connectivity index (χ0v) is 11.6. The topological polar surface area (TPSA) is 29.5 Å². The summed E-state index contributed by atoms with van der Waals surface area (Å²) in [7, 11) is 0. The lowest BCUT2D eigenvalue weighted by Crippen LogP contribution is -2.20. The summed E-state index contributed by atoms with van der Waals surface area (Å²) in [6, 6.07) is 7.18. The number of aliphatic hydroxyl groups excluding tert-OH is 1. The zero-order valence-electron chi connectivity index (χ0n) is 9.99. The van der Waals surface area contributed by atoms with E-state index in [4.69, 9.17) is 11.6 Å². The minimum Gasteiger partial charge on any atom is -0.392 e. The number of rotatable bonds is 7. The van der Waals surface area contributed by atoms with E-state index < -0.39 is 18.9 Å². The van der Waals surface area contributed by atoms with Gasteiger partial charge in [0, 0.05) is 17.3 Å². The summed E-state index contributed by atoms with van der Waals surface area (Å²) >= 11 is 7.29. The van der Waals surface area contributed by atoms with Crippen LogP contribution in [0.2, 0.25) is 5.02 Å². The van der Waals surface area contributed by atoms with Crippen LogP contribution in [0.25, 0.3) is 0 Å². The lowest BCUT2D eigenvalue weighted by molar-refractivity contribution is -0.175. The molecular weight excluding hydrogens is 301 g/mol. The maximum absolute atomic E-state index is 11.8. The molecule has 0 saturated heterocycles. The van der Waals surface area contributed by atoms with E-state index in [1.807, 2.05) is 12.1 Å². The Morgan fingerprint density at radius 2 is 2.00 bits per heavy atom. The molecule has 0 aliphatic rings. The minimum absolute atomic E-state index is 0.121. The molecule has 0 fully saturated rings. The molecule has 0 aliphatic carbocycles. The second-order valence-electron chi connectivity index (χ2n) is 3.85. The molecule has 0 aliphatic heterocycles. The van der Waals surface area contributed by atoms with Crippen molar-refractivity contribution in [1.29, 1.82) is 0 Å². The monoisotopic (exact) mass is 314 g/mol. The van der Waals surface area contributed by atoms with E-state index in [2.05, 4.69) is 4.74 Å². The molecule has 1 aromatic carbocycles. The maximum atomic E-state index is 11.8. The van der Waals surface area contributed by atoms with Crippen LogP contribution in [0.5, 0.6) is 0 Å². The number of hydrogen-bond donors (Lipinski definition) is 1. The van der Waals surface area contributed by atoms with Crippen LogP contribution in [0.15, 0.2) is 29.2 Å². The van der Waals surface area contributed by atoms with Gasteiger partial charge in [-0.2, -0.15) is 13.2 Å². The van der Waals surface area contributed by atoms with Crippen molar-refractivity contribution in [3.05, 3.63) is 29.3 Å². The molecule has 0 radical (unpaired) electrons. The quantitative estimate of drug-likeness (QED) is 0.614. The van der Waals surface area contributed by atoms with Gasteiger partial charge in [-0.1, -0.05) is 23.7 Å². The third-order valence-corrected chi connectivity index (χ3v) is 3.79. The third kappa shape index (κ3) is 7.67. The molecule has 1 rings (SSSR count). The average molecular weight is 315 g/mol. The van der Waals surface area contributed by atoms with Gasteiger partial charge < -0.3 is 9.84 Å². The van der Waals surface area contributed by atoms with E-state index in [0.717, 1.165) is 4.90 Å². The van der Waals surface area contributed by atoms with Crippen LogP contribution in [0.1, 0.15) is 6.42 Å². The van der Waals surface area contributed by atoms with Gasteiger partial charge in [-0.15, -0.1) is 11.8 Å². The fourth-order valence-corrected chi connectivity index (χ4v) is 2.46. The smallest absolute Gasteiger partial charge is 0.392 e. The first kappa shape index (κ1) is 16.6. The van der Waals surface area contributed by atoms with E-state index in [9.17, 15) is 18.3 Å². The average Bonchev–Trinajstić information content (AvgIpc) is 2.32. The van der Waals surface area contributed by atoms with Gasteiger partial charge >= 0.3 is 6.18 Å². The van der Waals surface area contributed by atoms with Gasteiger partial charge in [0.1, 0.15) is 6.61 Å². The number of aliphatic hydroxyl groups is 1. The summed E-state index contributed by atoms with van der Waals surface area (Å²) in [4.78, 5) is 0.833. The van der Waals surface area contributed by atoms with Gasteiger partial charge in [-0.25, -0.2) is 0 Å². The van der Waals surface area contributed by atoms with Crippen molar-refractivity contribution < 1.29 is 23.0 Å². The normalized spacial score (nSPS) is 13.5. The molecule has 2 nitrogen and oxygen atoms in total. The predicted molar refractivity (Wildman–Crippen MR) is 69.7 cm³/mol. The minimum atomic E-state index is -4.32. The largest absolute Gasteiger partial charge is 0.411 e. The van der Waals surface area contributed by atoms with Gasteiger partial charge in [0.15, 0.2) is 0 Å². The number of thioether (sulfide) groups is 1. The molecule has 0 amide bonds. The summed E-state index contributed by atoms with van der Waals surface area (Å²) in [5, 5.41) is 10.2. The van der Waals surface area contributed by atoms with Crippen molar-refractivity contribution in [3.63, 3.8) is 0 Å². The molecule has 7 heteroatoms. The van der Waals surface area contributed by atoms with Crippen LogP contribution in [0, 0.1) is 0 Å². The number of benzene rings is 1. The Hall–Kier alpha value is -0.430. The lowest BCUT2D eigenvalue weighted by Gasteiger charge is -2.12. The summed E-state index contributed by atoms with van der Waals surface area (Å²) in [5.41, 5.74) is 0. The van der Waals surface area contributed by atoms with Crippen LogP contribution in [0.3, 0.4) is 0 Å². The first-order valence-electron chi connectivity index (χ1n) is 5.58. The van der Waals surface area contributed by atoms with E-state index in [1.54, 1.807) is 12.1 Å². The third-order valence-electron chi connectivity index (χ3n) is 2.13. The van der Waals surface area contributed by atoms with Gasteiger partial charge in [0.25, 0.3) is 0 Å². The molecule has 1 N–H and O–H groups in total. The molecule has 19 heavy (non-hydrogen) atoms. The Bertz CT molecular complexity index is 387. The molecule has 0 spiro atoms. The fraction of sp³-hybridized carbons (Fsp3) is 0.500. The highest BCUT2D eigenvalue weighted by Gasteiger charge is 2.27. The Morgan fingerprint density at radius 3 is 2.63 bits per heavy atom. The number of hydrogen-bond acceptors (Lipinski definition) is 3. The van der Waals surface area contributed by atoms with Crippen molar-refractivity contribution in [2.75, 3.05) is 19.0 Å². The van der Waals surface area contributed by atoms with E-state index in [0.29, 0.717) is 10.8 Å². The first-order valence-corrected chi connectivity index (χ1v) is 6.95. The SMILES string of the molecule is OC(CCOCC(F)(F)F)CSc1ccccc1Cl. The molecular formula is C12H14ClF3O2S. The molecule has 0 saturated carbocycles. The van der Waals surface area contributed by atoms with Gasteiger partial charge in [-0.3, -0.25) is 0 Å². The summed E-state index contributed by atoms with van der Waals surface area (Å²) in [5.74, 6) is 0.360. The van der Waals surface area contributed by atoms with E-state index >= 15 is 0 Å². The van der Waals surface area contributed by atoms with Crippen LogP contribution < -0.4 is 0 Å². The van der Waals surface area contributed by atoms with Crippen LogP contribution in [-0.4, -0.2) is 36.4 Å². The summed E-state index contributed by atoms with van der Waals surface area (Å²) < 4.78 is 39.8. The molecule has 0 bridgehead atoms. The van der Waals surface area contributed by atoms with Crippen molar-refractivity contribution in [2.45, 2.75) is 23.6 Å². The van der Waals surface area contributed by atoms with Crippen molar-refractivity contribution in [1.82, 2.24) is 0 Å². The van der Waals surface area contributed by atoms with Crippen LogP contribution >= 0.6 is 23.4 Å². The van der Waals surface area contributed by atoms with Crippen molar-refractivity contribution >= 4 is 23.4 Å². The maximum Gasteiger partial charge on any atom is 0.411 e. The van der Waals surface area contributed by atoms with E-state index in [1.165, 1.54) is 11.8 Å². The molecule has 0 aromatic heterocycles. The highest BCUT2D eigenvalue weighted by molar-refractivity contribution is 7.99. The van der Waals surface area contributed by atoms with Crippen LogP contribution in [-0.2, 0) is 4.74 Å². The van der Waals surface area contributed by atoms with Gasteiger partial charge in [0.05, 0.1) is 11.1 Å². The Morgan fingerprint density at radius 1 is 1.32 bits per heavy atom. The van der Waals surface area contributed by atoms with Gasteiger partial charge in [0.2, 0.25) is 0 Å². The highest BCUT2D eigenvalue weighted by Crippen LogP contribution is 2.27. The standard InChI is InChI=1S/C12H14ClF3O2S/c13-10-3-1-2-4-11(10)19-7-9(17)5-6-18-8-12(14,15)16/h1-4,9,17H,5-8H2. The number of ether oxygens (including phenoxy) is 1. The zero-order chi connectivity index (χ0) is 14.3. The predicted octanol–water partition coefficient (Wildman–Crippen LogP) is 3.76. The highest BCUT2D eigenvalue weighted by atomic mass is 35.5. The Labute approximate surface area is 118 Å². The number of halogens is 4. The van der Waals surface area contributed by atoms with Crippen molar-refractivity contribution in [2.24, 2.45) is 0 Å². The van der Waals surface area contributed by atoms with E-state index in [-0.39, 0.29) is 13.0 Å². The number of alkyl halides is 3. The molecule has 1 aromatic rings. The fourth-order valence-electron chi connectivity index (χ4n) is 1.24. The van der Waals surface area contributed by atoms with Gasteiger partial charge in [-0.05, 0) is 18.6 Å². The Kier molecular flexibility index (Phi) is 6.99. The summed E-state index contributed by atoms with van der Waals surface area (Å²) in [6.45, 7) is -1.40. The lowest BCUT2D eigenvalue weighted by atomic mass is 10.3. The second kappa shape index (κ2) is 7.99. The molecule has 1 unspecified atom stereocenters. The first-order chi connectivity index (χ1) is 8.88. The Balaban J connectivity index is 2.18.